The molecule has 12 nitrogen and oxygen atoms in total. The monoisotopic (exact) mass is 431 g/mol. The predicted molar refractivity (Wildman–Crippen MR) is 107 cm³/mol. The standard InChI is InChI=1S/C18H33N5O7/c24-11-1-19-16(26)13-21-4-2-20(10-12-25)3-5-22(14-17(27)28)8-9-23(7-6-21)15-18(29)30/h12,24H,1-11,13-15H2,(H,19,26)(H,27,28)(H,29,30). The summed E-state index contributed by atoms with van der Waals surface area (Å²) in [6.45, 7) is 3.46. The van der Waals surface area contributed by atoms with Crippen molar-refractivity contribution in [3.8, 4) is 0 Å². The Bertz CT molecular complexity index is 563. The molecule has 172 valence electrons. The van der Waals surface area contributed by atoms with Gasteiger partial charge in [0.25, 0.3) is 0 Å². The van der Waals surface area contributed by atoms with Crippen molar-refractivity contribution >= 4 is 24.1 Å². The van der Waals surface area contributed by atoms with Gasteiger partial charge in [0.15, 0.2) is 0 Å². The zero-order valence-electron chi connectivity index (χ0n) is 17.2. The van der Waals surface area contributed by atoms with Gasteiger partial charge in [-0.25, -0.2) is 0 Å². The molecule has 30 heavy (non-hydrogen) atoms. The average Bonchev–Trinajstić information content (AvgIpc) is 2.67. The van der Waals surface area contributed by atoms with Crippen LogP contribution in [0.2, 0.25) is 0 Å². The zero-order valence-corrected chi connectivity index (χ0v) is 17.2. The Labute approximate surface area is 176 Å². The summed E-state index contributed by atoms with van der Waals surface area (Å²) in [6.07, 6.45) is 0.792. The molecule has 0 radical (unpaired) electrons. The number of aliphatic carboxylic acids is 2. The maximum absolute atomic E-state index is 12.1. The third-order valence-electron chi connectivity index (χ3n) is 4.78. The van der Waals surface area contributed by atoms with Gasteiger partial charge < -0.3 is 25.4 Å². The van der Waals surface area contributed by atoms with Crippen LogP contribution in [0.3, 0.4) is 0 Å². The van der Waals surface area contributed by atoms with Gasteiger partial charge in [-0.15, -0.1) is 0 Å². The summed E-state index contributed by atoms with van der Waals surface area (Å²) < 4.78 is 0. The molecule has 1 aliphatic rings. The van der Waals surface area contributed by atoms with E-state index in [-0.39, 0.29) is 45.2 Å². The molecule has 0 aromatic carbocycles. The van der Waals surface area contributed by atoms with Gasteiger partial charge in [-0.2, -0.15) is 0 Å². The molecule has 0 saturated carbocycles. The van der Waals surface area contributed by atoms with Gasteiger partial charge in [-0.1, -0.05) is 0 Å². The van der Waals surface area contributed by atoms with Crippen LogP contribution in [0.4, 0.5) is 0 Å². The lowest BCUT2D eigenvalue weighted by Crippen LogP contribution is -2.49. The third kappa shape index (κ3) is 11.8. The Morgan fingerprint density at radius 1 is 0.733 bits per heavy atom. The molecule has 0 aromatic rings. The minimum absolute atomic E-state index is 0.0982. The molecular formula is C18H33N5O7. The van der Waals surface area contributed by atoms with Crippen LogP contribution >= 0.6 is 0 Å². The summed E-state index contributed by atoms with van der Waals surface area (Å²) in [5, 5.41) is 29.8. The molecule has 1 saturated heterocycles. The Kier molecular flexibility index (Phi) is 12.8. The largest absolute Gasteiger partial charge is 0.480 e. The summed E-state index contributed by atoms with van der Waals surface area (Å²) in [6, 6.07) is 0. The Morgan fingerprint density at radius 3 is 1.50 bits per heavy atom. The van der Waals surface area contributed by atoms with Crippen LogP contribution in [-0.4, -0.2) is 151 Å². The van der Waals surface area contributed by atoms with Crippen LogP contribution in [0.1, 0.15) is 0 Å². The first kappa shape index (κ1) is 25.9. The Balaban J connectivity index is 2.86. The van der Waals surface area contributed by atoms with Crippen molar-refractivity contribution in [1.29, 1.82) is 0 Å². The number of nitrogens with zero attached hydrogens (tertiary/aromatic N) is 4. The average molecular weight is 431 g/mol. The summed E-state index contributed by atoms with van der Waals surface area (Å²) in [4.78, 5) is 52.7. The molecule has 1 fully saturated rings. The smallest absolute Gasteiger partial charge is 0.317 e. The van der Waals surface area contributed by atoms with Crippen LogP contribution in [0, 0.1) is 0 Å². The highest BCUT2D eigenvalue weighted by Gasteiger charge is 2.20. The normalized spacial score (nSPS) is 18.8. The number of carboxylic acids is 2. The van der Waals surface area contributed by atoms with Crippen molar-refractivity contribution in [3.05, 3.63) is 0 Å². The molecule has 12 heteroatoms. The van der Waals surface area contributed by atoms with Crippen LogP contribution < -0.4 is 5.32 Å². The van der Waals surface area contributed by atoms with E-state index >= 15 is 0 Å². The van der Waals surface area contributed by atoms with Crippen molar-refractivity contribution in [1.82, 2.24) is 24.9 Å². The molecular weight excluding hydrogens is 398 g/mol. The van der Waals surface area contributed by atoms with E-state index in [1.807, 2.05) is 9.80 Å². The predicted octanol–water partition coefficient (Wildman–Crippen LogP) is -3.32. The highest BCUT2D eigenvalue weighted by atomic mass is 16.4. The quantitative estimate of drug-likeness (QED) is 0.257. The first-order chi connectivity index (χ1) is 14.3. The van der Waals surface area contributed by atoms with Gasteiger partial charge in [0, 0.05) is 58.9 Å². The highest BCUT2D eigenvalue weighted by Crippen LogP contribution is 2.01. The van der Waals surface area contributed by atoms with E-state index < -0.39 is 11.9 Å². The van der Waals surface area contributed by atoms with Crippen LogP contribution in [0.5, 0.6) is 0 Å². The zero-order chi connectivity index (χ0) is 22.4. The molecule has 0 aromatic heterocycles. The van der Waals surface area contributed by atoms with E-state index in [4.69, 9.17) is 10.2 Å². The number of aliphatic hydroxyl groups is 1. The molecule has 4 N–H and O–H groups in total. The molecule has 0 unspecified atom stereocenters. The number of aldehydes is 1. The Morgan fingerprint density at radius 2 is 1.13 bits per heavy atom. The second kappa shape index (κ2) is 14.8. The lowest BCUT2D eigenvalue weighted by Gasteiger charge is -2.32. The van der Waals surface area contributed by atoms with E-state index in [0.717, 1.165) is 6.29 Å². The molecule has 0 atom stereocenters. The molecule has 0 spiro atoms. The van der Waals surface area contributed by atoms with Gasteiger partial charge >= 0.3 is 11.9 Å². The highest BCUT2D eigenvalue weighted by molar-refractivity contribution is 5.78. The van der Waals surface area contributed by atoms with Crippen LogP contribution in [-0.2, 0) is 19.2 Å². The topological polar surface area (TPSA) is 154 Å². The maximum Gasteiger partial charge on any atom is 0.317 e. The molecule has 0 bridgehead atoms. The van der Waals surface area contributed by atoms with Gasteiger partial charge in [0.05, 0.1) is 32.8 Å². The van der Waals surface area contributed by atoms with Crippen molar-refractivity contribution in [2.45, 2.75) is 0 Å². The molecule has 1 amide bonds. The number of hydrogen-bond donors (Lipinski definition) is 4. The minimum atomic E-state index is -0.976. The molecule has 1 rings (SSSR count). The fourth-order valence-corrected chi connectivity index (χ4v) is 3.18. The maximum atomic E-state index is 12.1. The lowest BCUT2D eigenvalue weighted by molar-refractivity contribution is -0.140. The number of rotatable bonds is 10. The summed E-state index contributed by atoms with van der Waals surface area (Å²) in [5.74, 6) is -2.18. The summed E-state index contributed by atoms with van der Waals surface area (Å²) in [7, 11) is 0. The number of amides is 1. The number of nitrogens with one attached hydrogen (secondary N) is 1. The SMILES string of the molecule is O=CCN1CCN(CC(=O)O)CCN(CC(=O)O)CCN(CC(=O)NCCO)CC1. The van der Waals surface area contributed by atoms with E-state index in [2.05, 4.69) is 5.32 Å². The van der Waals surface area contributed by atoms with Gasteiger partial charge in [0.1, 0.15) is 6.29 Å². The van der Waals surface area contributed by atoms with Crippen LogP contribution in [0.15, 0.2) is 0 Å². The summed E-state index contributed by atoms with van der Waals surface area (Å²) >= 11 is 0. The van der Waals surface area contributed by atoms with E-state index in [1.54, 1.807) is 9.80 Å². The van der Waals surface area contributed by atoms with Crippen molar-refractivity contribution in [2.75, 3.05) is 91.7 Å². The molecule has 1 heterocycles. The molecule has 0 aliphatic carbocycles. The number of hydrogen-bond acceptors (Lipinski definition) is 9. The fraction of sp³-hybridized carbons (Fsp3) is 0.778. The van der Waals surface area contributed by atoms with Gasteiger partial charge in [0.2, 0.25) is 5.91 Å². The van der Waals surface area contributed by atoms with Crippen LogP contribution in [0.25, 0.3) is 0 Å². The number of carbonyl (C=O) groups is 4. The fourth-order valence-electron chi connectivity index (χ4n) is 3.18. The second-order valence-electron chi connectivity index (χ2n) is 7.16. The van der Waals surface area contributed by atoms with Crippen molar-refractivity contribution in [3.63, 3.8) is 0 Å². The number of aliphatic hydroxyl groups excluding tert-OH is 1. The number of carboxylic acid groups (broad SMARTS) is 2. The lowest BCUT2D eigenvalue weighted by atomic mass is 10.3. The van der Waals surface area contributed by atoms with Gasteiger partial charge in [-0.05, 0) is 0 Å². The summed E-state index contributed by atoms with van der Waals surface area (Å²) in [5.41, 5.74) is 0. The minimum Gasteiger partial charge on any atom is -0.480 e. The first-order valence-corrected chi connectivity index (χ1v) is 9.98. The second-order valence-corrected chi connectivity index (χ2v) is 7.16. The van der Waals surface area contributed by atoms with Crippen molar-refractivity contribution in [2.24, 2.45) is 0 Å². The van der Waals surface area contributed by atoms with E-state index in [1.165, 1.54) is 0 Å². The van der Waals surface area contributed by atoms with E-state index in [0.29, 0.717) is 52.4 Å². The third-order valence-corrected chi connectivity index (χ3v) is 4.78. The molecule has 1 aliphatic heterocycles. The van der Waals surface area contributed by atoms with Crippen molar-refractivity contribution < 1.29 is 34.5 Å². The van der Waals surface area contributed by atoms with E-state index in [9.17, 15) is 24.3 Å². The Hall–Kier alpha value is -2.12. The first-order valence-electron chi connectivity index (χ1n) is 9.98. The van der Waals surface area contributed by atoms with Gasteiger partial charge in [-0.3, -0.25) is 34.0 Å². The number of carbonyl (C=O) groups excluding carboxylic acids is 2.